The second-order valence-corrected chi connectivity index (χ2v) is 4.16. The minimum absolute atomic E-state index is 0.785. The molecule has 0 aliphatic heterocycles. The van der Waals surface area contributed by atoms with Crippen molar-refractivity contribution in [3.63, 3.8) is 0 Å². The molecule has 0 spiro atoms. The van der Waals surface area contributed by atoms with E-state index in [2.05, 4.69) is 44.1 Å². The summed E-state index contributed by atoms with van der Waals surface area (Å²) in [6.07, 6.45) is 2.51. The van der Waals surface area contributed by atoms with E-state index in [0.717, 1.165) is 21.4 Å². The number of hydrogen-bond acceptors (Lipinski definition) is 3. The maximum Gasteiger partial charge on any atom is 0.0868 e. The van der Waals surface area contributed by atoms with E-state index in [9.17, 15) is 0 Å². The van der Waals surface area contributed by atoms with Gasteiger partial charge in [0.1, 0.15) is 0 Å². The Kier molecular flexibility index (Phi) is 2.67. The van der Waals surface area contributed by atoms with Gasteiger partial charge < -0.3 is 5.73 Å². The minimum atomic E-state index is 0.785. The molecule has 0 saturated heterocycles. The van der Waals surface area contributed by atoms with Crippen molar-refractivity contribution >= 4 is 28.3 Å². The van der Waals surface area contributed by atoms with E-state index in [4.69, 9.17) is 5.73 Å². The molecule has 0 aliphatic rings. The van der Waals surface area contributed by atoms with Crippen LogP contribution in [0.5, 0.6) is 0 Å². The second-order valence-electron chi connectivity index (χ2n) is 2.99. The molecule has 2 rings (SSSR count). The highest BCUT2D eigenvalue weighted by atomic mass is 127. The Balaban J connectivity index is 2.22. The highest BCUT2D eigenvalue weighted by Crippen LogP contribution is 2.17. The molecule has 14 heavy (non-hydrogen) atoms. The van der Waals surface area contributed by atoms with Gasteiger partial charge in [0.15, 0.2) is 0 Å². The number of halogens is 1. The zero-order valence-electron chi connectivity index (χ0n) is 7.37. The first-order valence-corrected chi connectivity index (χ1v) is 5.22. The van der Waals surface area contributed by atoms with Crippen molar-refractivity contribution < 1.29 is 0 Å². The number of benzene rings is 1. The number of H-pyrrole nitrogens is 1. The molecule has 1 aromatic heterocycles. The lowest BCUT2D eigenvalue weighted by Gasteiger charge is -2.01. The summed E-state index contributed by atoms with van der Waals surface area (Å²) in [6.45, 7) is 0. The fourth-order valence-corrected chi connectivity index (χ4v) is 1.78. The molecule has 0 radical (unpaired) electrons. The highest BCUT2D eigenvalue weighted by molar-refractivity contribution is 14.1. The van der Waals surface area contributed by atoms with Crippen molar-refractivity contribution in [3.05, 3.63) is 39.2 Å². The number of nitrogen functional groups attached to an aromatic ring is 1. The third-order valence-electron chi connectivity index (χ3n) is 1.92. The van der Waals surface area contributed by atoms with Crippen LogP contribution in [0, 0.1) is 3.57 Å². The minimum Gasteiger partial charge on any atom is -0.398 e. The van der Waals surface area contributed by atoms with Crippen molar-refractivity contribution in [2.45, 2.75) is 6.42 Å². The van der Waals surface area contributed by atoms with Gasteiger partial charge in [-0.15, -0.1) is 0 Å². The Morgan fingerprint density at radius 1 is 1.43 bits per heavy atom. The molecule has 0 amide bonds. The first kappa shape index (κ1) is 9.45. The number of aromatic nitrogens is 3. The molecular formula is C9H9IN4. The molecular weight excluding hydrogens is 291 g/mol. The molecule has 5 heteroatoms. The van der Waals surface area contributed by atoms with Crippen molar-refractivity contribution in [3.8, 4) is 0 Å². The lowest BCUT2D eigenvalue weighted by molar-refractivity contribution is 0.915. The van der Waals surface area contributed by atoms with E-state index in [0.29, 0.717) is 0 Å². The number of nitrogens with zero attached hydrogens (tertiary/aromatic N) is 2. The average molecular weight is 300 g/mol. The van der Waals surface area contributed by atoms with Gasteiger partial charge in [-0.1, -0.05) is 6.07 Å². The smallest absolute Gasteiger partial charge is 0.0868 e. The summed E-state index contributed by atoms with van der Waals surface area (Å²) in [7, 11) is 0. The molecule has 0 unspecified atom stereocenters. The Hall–Kier alpha value is -1.11. The number of aromatic amines is 1. The number of rotatable bonds is 2. The van der Waals surface area contributed by atoms with Crippen LogP contribution in [0.25, 0.3) is 0 Å². The predicted molar refractivity (Wildman–Crippen MR) is 62.8 cm³/mol. The monoisotopic (exact) mass is 300 g/mol. The fraction of sp³-hybridized carbons (Fsp3) is 0.111. The summed E-state index contributed by atoms with van der Waals surface area (Å²) in [4.78, 5) is 0. The van der Waals surface area contributed by atoms with Crippen LogP contribution in [-0.4, -0.2) is 15.4 Å². The predicted octanol–water partition coefficient (Wildman–Crippen LogP) is 1.58. The van der Waals surface area contributed by atoms with Gasteiger partial charge in [0.2, 0.25) is 0 Å². The maximum atomic E-state index is 5.72. The molecule has 1 heterocycles. The molecule has 0 fully saturated rings. The molecule has 0 atom stereocenters. The Bertz CT molecular complexity index is 424. The molecule has 0 saturated carbocycles. The topological polar surface area (TPSA) is 67.6 Å². The van der Waals surface area contributed by atoms with E-state index < -0.39 is 0 Å². The van der Waals surface area contributed by atoms with Gasteiger partial charge in [-0.25, -0.2) is 0 Å². The molecule has 4 nitrogen and oxygen atoms in total. The number of anilines is 1. The van der Waals surface area contributed by atoms with Gasteiger partial charge in [0.05, 0.1) is 11.9 Å². The van der Waals surface area contributed by atoms with Crippen molar-refractivity contribution in [1.82, 2.24) is 15.4 Å². The second kappa shape index (κ2) is 3.95. The molecule has 3 N–H and O–H groups in total. The number of nitrogens with one attached hydrogen (secondary N) is 1. The van der Waals surface area contributed by atoms with Crippen LogP contribution < -0.4 is 5.73 Å². The van der Waals surface area contributed by atoms with Gasteiger partial charge in [0.25, 0.3) is 0 Å². The van der Waals surface area contributed by atoms with Gasteiger partial charge in [-0.3, -0.25) is 0 Å². The lowest BCUT2D eigenvalue weighted by atomic mass is 10.1. The van der Waals surface area contributed by atoms with E-state index in [1.54, 1.807) is 6.20 Å². The number of nitrogens with two attached hydrogens (primary N) is 1. The van der Waals surface area contributed by atoms with Crippen molar-refractivity contribution in [1.29, 1.82) is 0 Å². The van der Waals surface area contributed by atoms with E-state index in [1.165, 1.54) is 5.56 Å². The summed E-state index contributed by atoms with van der Waals surface area (Å²) < 4.78 is 1.07. The summed E-state index contributed by atoms with van der Waals surface area (Å²) in [6, 6.07) is 5.98. The highest BCUT2D eigenvalue weighted by Gasteiger charge is 2.01. The molecule has 72 valence electrons. The summed E-state index contributed by atoms with van der Waals surface area (Å²) in [5, 5.41) is 10.3. The van der Waals surface area contributed by atoms with E-state index >= 15 is 0 Å². The third-order valence-corrected chi connectivity index (χ3v) is 2.85. The van der Waals surface area contributed by atoms with Gasteiger partial charge >= 0.3 is 0 Å². The Labute approximate surface area is 95.0 Å². The van der Waals surface area contributed by atoms with Crippen LogP contribution in [0.15, 0.2) is 24.4 Å². The van der Waals surface area contributed by atoms with Crippen LogP contribution in [0.1, 0.15) is 11.3 Å². The Morgan fingerprint density at radius 2 is 2.29 bits per heavy atom. The van der Waals surface area contributed by atoms with E-state index in [-0.39, 0.29) is 0 Å². The van der Waals surface area contributed by atoms with Crippen molar-refractivity contribution in [2.24, 2.45) is 0 Å². The van der Waals surface area contributed by atoms with Gasteiger partial charge in [-0.2, -0.15) is 15.4 Å². The van der Waals surface area contributed by atoms with Crippen LogP contribution in [-0.2, 0) is 6.42 Å². The molecule has 2 aromatic rings. The summed E-state index contributed by atoms with van der Waals surface area (Å²) >= 11 is 2.22. The van der Waals surface area contributed by atoms with Crippen LogP contribution in [0.3, 0.4) is 0 Å². The standard InChI is InChI=1S/C9H9IN4/c10-8-4-6(1-2-9(8)11)3-7-5-12-14-13-7/h1-2,4-5H,3,11H2,(H,12,13,14). The maximum absolute atomic E-state index is 5.72. The quantitative estimate of drug-likeness (QED) is 0.653. The van der Waals surface area contributed by atoms with Crippen LogP contribution in [0.4, 0.5) is 5.69 Å². The summed E-state index contributed by atoms with van der Waals surface area (Å²) in [5.74, 6) is 0. The zero-order valence-corrected chi connectivity index (χ0v) is 9.52. The zero-order chi connectivity index (χ0) is 9.97. The third kappa shape index (κ3) is 2.03. The SMILES string of the molecule is Nc1ccc(Cc2cn[nH]n2)cc1I. The largest absolute Gasteiger partial charge is 0.398 e. The van der Waals surface area contributed by atoms with E-state index in [1.807, 2.05) is 12.1 Å². The van der Waals surface area contributed by atoms with Crippen LogP contribution >= 0.6 is 22.6 Å². The first-order chi connectivity index (χ1) is 6.75. The molecule has 0 aliphatic carbocycles. The van der Waals surface area contributed by atoms with Gasteiger partial charge in [0, 0.05) is 15.7 Å². The number of hydrogen-bond donors (Lipinski definition) is 2. The first-order valence-electron chi connectivity index (χ1n) is 4.14. The summed E-state index contributed by atoms with van der Waals surface area (Å²) in [5.41, 5.74) is 8.66. The van der Waals surface area contributed by atoms with Gasteiger partial charge in [-0.05, 0) is 40.3 Å². The Morgan fingerprint density at radius 3 is 2.93 bits per heavy atom. The molecule has 0 bridgehead atoms. The molecule has 1 aromatic carbocycles. The van der Waals surface area contributed by atoms with Crippen LogP contribution in [0.2, 0.25) is 0 Å². The fourth-order valence-electron chi connectivity index (χ4n) is 1.20. The average Bonchev–Trinajstić information content (AvgIpc) is 2.64. The van der Waals surface area contributed by atoms with Crippen molar-refractivity contribution in [2.75, 3.05) is 5.73 Å². The lowest BCUT2D eigenvalue weighted by Crippen LogP contribution is -1.93. The normalized spacial score (nSPS) is 10.4.